The zero-order chi connectivity index (χ0) is 13.4. The number of likely N-dealkylation sites (N-methyl/N-ethyl adjacent to an activating group) is 1. The Labute approximate surface area is 109 Å². The Morgan fingerprint density at radius 2 is 2.33 bits per heavy atom. The van der Waals surface area contributed by atoms with Crippen LogP contribution in [0.1, 0.15) is 26.0 Å². The van der Waals surface area contributed by atoms with Crippen LogP contribution in [0.25, 0.3) is 0 Å². The van der Waals surface area contributed by atoms with Crippen molar-refractivity contribution in [2.45, 2.75) is 39.4 Å². The lowest BCUT2D eigenvalue weighted by atomic mass is 10.2. The van der Waals surface area contributed by atoms with Gasteiger partial charge in [0, 0.05) is 31.9 Å². The lowest BCUT2D eigenvalue weighted by molar-refractivity contribution is 0.251. The number of hydrogen-bond donors (Lipinski definition) is 2. The number of nitrogens with one attached hydrogen (secondary N) is 1. The standard InChI is InChI=1S/C12H25N5O/c1-4-11(2)16(3)6-5-13-9-12-10-17(7-8-18)15-14-12/h10-11,13,18H,4-9H2,1-3H3. The minimum atomic E-state index is 0.0932. The highest BCUT2D eigenvalue weighted by Gasteiger charge is 2.05. The molecule has 0 radical (unpaired) electrons. The minimum absolute atomic E-state index is 0.0932. The molecule has 0 saturated carbocycles. The first-order chi connectivity index (χ1) is 8.67. The predicted octanol–water partition coefficient (Wildman–Crippen LogP) is 0.0903. The van der Waals surface area contributed by atoms with Crippen LogP contribution in [0.15, 0.2) is 6.20 Å². The van der Waals surface area contributed by atoms with Crippen molar-refractivity contribution in [3.8, 4) is 0 Å². The van der Waals surface area contributed by atoms with Crippen LogP contribution in [-0.2, 0) is 13.1 Å². The fraction of sp³-hybridized carbons (Fsp3) is 0.833. The Bertz CT molecular complexity index is 328. The van der Waals surface area contributed by atoms with Gasteiger partial charge < -0.3 is 15.3 Å². The monoisotopic (exact) mass is 255 g/mol. The molecule has 6 heteroatoms. The second kappa shape index (κ2) is 8.18. The summed E-state index contributed by atoms with van der Waals surface area (Å²) in [5.41, 5.74) is 0.912. The Hall–Kier alpha value is -0.980. The lowest BCUT2D eigenvalue weighted by Crippen LogP contribution is -2.34. The molecule has 1 rings (SSSR count). The van der Waals surface area contributed by atoms with Crippen LogP contribution in [0, 0.1) is 0 Å². The van der Waals surface area contributed by atoms with Gasteiger partial charge in [0.1, 0.15) is 0 Å². The SMILES string of the molecule is CCC(C)N(C)CCNCc1cn(CCO)nn1. The Balaban J connectivity index is 2.17. The molecule has 0 spiro atoms. The summed E-state index contributed by atoms with van der Waals surface area (Å²) in [6, 6.07) is 0.622. The predicted molar refractivity (Wildman–Crippen MR) is 71.2 cm³/mol. The van der Waals surface area contributed by atoms with Crippen molar-refractivity contribution in [3.63, 3.8) is 0 Å². The van der Waals surface area contributed by atoms with Crippen molar-refractivity contribution >= 4 is 0 Å². The molecule has 1 atom stereocenters. The fourth-order valence-electron chi connectivity index (χ4n) is 1.64. The lowest BCUT2D eigenvalue weighted by Gasteiger charge is -2.23. The quantitative estimate of drug-likeness (QED) is 0.612. The van der Waals surface area contributed by atoms with Gasteiger partial charge in [-0.25, -0.2) is 4.68 Å². The number of hydrogen-bond acceptors (Lipinski definition) is 5. The Morgan fingerprint density at radius 3 is 3.00 bits per heavy atom. The normalized spacial score (nSPS) is 13.2. The molecule has 0 amide bonds. The second-order valence-electron chi connectivity index (χ2n) is 4.61. The smallest absolute Gasteiger partial charge is 0.0964 e. The highest BCUT2D eigenvalue weighted by atomic mass is 16.3. The molecule has 2 N–H and O–H groups in total. The summed E-state index contributed by atoms with van der Waals surface area (Å²) in [5.74, 6) is 0. The molecule has 1 aromatic heterocycles. The van der Waals surface area contributed by atoms with Crippen LogP contribution in [0.4, 0.5) is 0 Å². The van der Waals surface area contributed by atoms with Crippen molar-refractivity contribution in [1.82, 2.24) is 25.2 Å². The largest absolute Gasteiger partial charge is 0.394 e. The first kappa shape index (κ1) is 15.1. The van der Waals surface area contributed by atoms with E-state index in [0.717, 1.165) is 25.3 Å². The summed E-state index contributed by atoms with van der Waals surface area (Å²) in [6.07, 6.45) is 3.04. The summed E-state index contributed by atoms with van der Waals surface area (Å²) in [5, 5.41) is 20.1. The van der Waals surface area contributed by atoms with Gasteiger partial charge in [-0.2, -0.15) is 0 Å². The van der Waals surface area contributed by atoms with Crippen LogP contribution in [0.5, 0.6) is 0 Å². The van der Waals surface area contributed by atoms with E-state index in [2.05, 4.69) is 41.4 Å². The Kier molecular flexibility index (Phi) is 6.85. The summed E-state index contributed by atoms with van der Waals surface area (Å²) in [6.45, 7) is 7.72. The topological polar surface area (TPSA) is 66.2 Å². The van der Waals surface area contributed by atoms with Crippen LogP contribution < -0.4 is 5.32 Å². The summed E-state index contributed by atoms with van der Waals surface area (Å²) < 4.78 is 1.66. The number of aliphatic hydroxyl groups is 1. The van der Waals surface area contributed by atoms with E-state index in [1.54, 1.807) is 4.68 Å². The molecule has 0 saturated heterocycles. The number of aliphatic hydroxyl groups excluding tert-OH is 1. The third-order valence-corrected chi connectivity index (χ3v) is 3.21. The molecule has 1 unspecified atom stereocenters. The van der Waals surface area contributed by atoms with E-state index in [1.165, 1.54) is 6.42 Å². The molecular weight excluding hydrogens is 230 g/mol. The maximum atomic E-state index is 8.77. The highest BCUT2D eigenvalue weighted by molar-refractivity contribution is 4.91. The molecule has 1 aromatic rings. The molecule has 1 heterocycles. The average molecular weight is 255 g/mol. The zero-order valence-electron chi connectivity index (χ0n) is 11.6. The van der Waals surface area contributed by atoms with Crippen LogP contribution in [0.3, 0.4) is 0 Å². The van der Waals surface area contributed by atoms with Gasteiger partial charge >= 0.3 is 0 Å². The van der Waals surface area contributed by atoms with E-state index in [1.807, 2.05) is 6.20 Å². The van der Waals surface area contributed by atoms with Crippen LogP contribution >= 0.6 is 0 Å². The molecule has 0 aliphatic rings. The van der Waals surface area contributed by atoms with Crippen molar-refractivity contribution in [1.29, 1.82) is 0 Å². The first-order valence-corrected chi connectivity index (χ1v) is 6.58. The summed E-state index contributed by atoms with van der Waals surface area (Å²) >= 11 is 0. The molecule has 0 aliphatic heterocycles. The molecule has 0 aliphatic carbocycles. The second-order valence-corrected chi connectivity index (χ2v) is 4.61. The molecular formula is C12H25N5O. The van der Waals surface area contributed by atoms with Crippen molar-refractivity contribution in [3.05, 3.63) is 11.9 Å². The van der Waals surface area contributed by atoms with Gasteiger partial charge in [-0.15, -0.1) is 5.10 Å². The van der Waals surface area contributed by atoms with Gasteiger partial charge in [0.2, 0.25) is 0 Å². The van der Waals surface area contributed by atoms with E-state index in [9.17, 15) is 0 Å². The third kappa shape index (κ3) is 5.12. The maximum Gasteiger partial charge on any atom is 0.0964 e. The Morgan fingerprint density at radius 1 is 1.56 bits per heavy atom. The van der Waals surface area contributed by atoms with E-state index >= 15 is 0 Å². The summed E-state index contributed by atoms with van der Waals surface area (Å²) in [7, 11) is 2.15. The third-order valence-electron chi connectivity index (χ3n) is 3.21. The van der Waals surface area contributed by atoms with E-state index in [4.69, 9.17) is 5.11 Å². The van der Waals surface area contributed by atoms with E-state index in [-0.39, 0.29) is 6.61 Å². The number of aromatic nitrogens is 3. The fourth-order valence-corrected chi connectivity index (χ4v) is 1.64. The van der Waals surface area contributed by atoms with Crippen molar-refractivity contribution in [2.24, 2.45) is 0 Å². The average Bonchev–Trinajstić information content (AvgIpc) is 2.81. The maximum absolute atomic E-state index is 8.77. The van der Waals surface area contributed by atoms with Crippen LogP contribution in [0.2, 0.25) is 0 Å². The van der Waals surface area contributed by atoms with Crippen molar-refractivity contribution < 1.29 is 5.11 Å². The van der Waals surface area contributed by atoms with E-state index in [0.29, 0.717) is 12.6 Å². The molecule has 0 aromatic carbocycles. The number of rotatable bonds is 9. The van der Waals surface area contributed by atoms with Gasteiger partial charge in [0.05, 0.1) is 18.8 Å². The van der Waals surface area contributed by atoms with Gasteiger partial charge in [-0.05, 0) is 20.4 Å². The van der Waals surface area contributed by atoms with E-state index < -0.39 is 0 Å². The van der Waals surface area contributed by atoms with Crippen molar-refractivity contribution in [2.75, 3.05) is 26.7 Å². The molecule has 0 fully saturated rings. The highest BCUT2D eigenvalue weighted by Crippen LogP contribution is 1.98. The van der Waals surface area contributed by atoms with Gasteiger partial charge in [0.15, 0.2) is 0 Å². The molecule has 104 valence electrons. The van der Waals surface area contributed by atoms with Gasteiger partial charge in [0.25, 0.3) is 0 Å². The number of nitrogens with zero attached hydrogens (tertiary/aromatic N) is 4. The summed E-state index contributed by atoms with van der Waals surface area (Å²) in [4.78, 5) is 2.34. The first-order valence-electron chi connectivity index (χ1n) is 6.58. The molecule has 0 bridgehead atoms. The van der Waals surface area contributed by atoms with Crippen LogP contribution in [-0.4, -0.2) is 57.8 Å². The van der Waals surface area contributed by atoms with Gasteiger partial charge in [-0.1, -0.05) is 12.1 Å². The molecule has 18 heavy (non-hydrogen) atoms. The van der Waals surface area contributed by atoms with Gasteiger partial charge in [-0.3, -0.25) is 0 Å². The molecule has 6 nitrogen and oxygen atoms in total. The minimum Gasteiger partial charge on any atom is -0.394 e. The zero-order valence-corrected chi connectivity index (χ0v) is 11.6.